The number of aryl methyl sites for hydroxylation is 1. The van der Waals surface area contributed by atoms with E-state index in [0.717, 1.165) is 54.9 Å². The first-order valence-corrected chi connectivity index (χ1v) is 9.75. The number of likely N-dealkylation sites (tertiary alicyclic amines) is 1. The highest BCUT2D eigenvalue weighted by molar-refractivity contribution is 5.85. The molecular formula is C22H23FN2O2. The maximum Gasteiger partial charge on any atom is 0.227 e. The summed E-state index contributed by atoms with van der Waals surface area (Å²) in [5.74, 6) is 0.585. The lowest BCUT2D eigenvalue weighted by atomic mass is 9.87. The summed E-state index contributed by atoms with van der Waals surface area (Å²) >= 11 is 0. The lowest BCUT2D eigenvalue weighted by Gasteiger charge is -2.29. The molecule has 2 fully saturated rings. The van der Waals surface area contributed by atoms with Crippen molar-refractivity contribution < 1.29 is 13.9 Å². The van der Waals surface area contributed by atoms with Gasteiger partial charge in [0.05, 0.1) is 18.3 Å². The van der Waals surface area contributed by atoms with Crippen LogP contribution in [0, 0.1) is 18.7 Å². The number of ether oxygens (including phenoxy) is 1. The molecule has 3 atom stereocenters. The van der Waals surface area contributed by atoms with E-state index in [9.17, 15) is 9.18 Å². The van der Waals surface area contributed by atoms with Crippen molar-refractivity contribution in [3.63, 3.8) is 0 Å². The standard InChI is InChI=1S/C22H23FN2O2/c1-14-4-2-5-18(24-14)19-6-3-10-25(19)21(26)17-13-22(17)9-11-27-20-8-7-15(23)12-16(20)22/h2,4-5,7-8,12,17,19H,3,6,9-11,13H2,1H3/t17-,19-,22-/m1/s1. The molecule has 1 saturated heterocycles. The van der Waals surface area contributed by atoms with Gasteiger partial charge in [0.1, 0.15) is 11.6 Å². The molecule has 5 heteroatoms. The third-order valence-corrected chi connectivity index (χ3v) is 6.44. The van der Waals surface area contributed by atoms with Crippen LogP contribution in [0.15, 0.2) is 36.4 Å². The molecule has 0 unspecified atom stereocenters. The van der Waals surface area contributed by atoms with Crippen molar-refractivity contribution in [1.82, 2.24) is 9.88 Å². The number of nitrogens with zero attached hydrogens (tertiary/aromatic N) is 2. The molecule has 1 aliphatic carbocycles. The largest absolute Gasteiger partial charge is 0.493 e. The Morgan fingerprint density at radius 3 is 3.07 bits per heavy atom. The van der Waals surface area contributed by atoms with Crippen molar-refractivity contribution in [3.8, 4) is 5.75 Å². The summed E-state index contributed by atoms with van der Waals surface area (Å²) in [5, 5.41) is 0. The van der Waals surface area contributed by atoms with Crippen molar-refractivity contribution >= 4 is 5.91 Å². The smallest absolute Gasteiger partial charge is 0.227 e. The highest BCUT2D eigenvalue weighted by Gasteiger charge is 2.62. The van der Waals surface area contributed by atoms with Gasteiger partial charge >= 0.3 is 0 Å². The second kappa shape index (κ2) is 6.04. The third-order valence-electron chi connectivity index (χ3n) is 6.44. The topological polar surface area (TPSA) is 42.4 Å². The zero-order valence-corrected chi connectivity index (χ0v) is 15.5. The molecule has 140 valence electrons. The Bertz CT molecular complexity index is 915. The predicted molar refractivity (Wildman–Crippen MR) is 99.0 cm³/mol. The first-order valence-electron chi connectivity index (χ1n) is 9.75. The number of halogens is 1. The van der Waals surface area contributed by atoms with E-state index in [-0.39, 0.29) is 29.1 Å². The van der Waals surface area contributed by atoms with Crippen LogP contribution < -0.4 is 4.74 Å². The maximum atomic E-state index is 13.9. The monoisotopic (exact) mass is 366 g/mol. The number of carbonyl (C=O) groups excluding carboxylic acids is 1. The molecule has 5 rings (SSSR count). The molecule has 0 radical (unpaired) electrons. The van der Waals surface area contributed by atoms with Gasteiger partial charge in [-0.15, -0.1) is 0 Å². The number of rotatable bonds is 2. The fourth-order valence-electron chi connectivity index (χ4n) is 4.99. The second-order valence-electron chi connectivity index (χ2n) is 8.05. The van der Waals surface area contributed by atoms with Crippen molar-refractivity contribution in [2.45, 2.75) is 44.1 Å². The maximum absolute atomic E-state index is 13.9. The lowest BCUT2D eigenvalue weighted by molar-refractivity contribution is -0.134. The normalized spacial score (nSPS) is 28.7. The van der Waals surface area contributed by atoms with E-state index < -0.39 is 0 Å². The summed E-state index contributed by atoms with van der Waals surface area (Å²) < 4.78 is 19.6. The second-order valence-corrected chi connectivity index (χ2v) is 8.05. The van der Waals surface area contributed by atoms with Crippen LogP contribution in [0.1, 0.15) is 48.7 Å². The Morgan fingerprint density at radius 1 is 1.33 bits per heavy atom. The number of hydrogen-bond donors (Lipinski definition) is 0. The Balaban J connectivity index is 1.43. The Morgan fingerprint density at radius 2 is 2.22 bits per heavy atom. The van der Waals surface area contributed by atoms with Gasteiger partial charge in [-0.25, -0.2) is 4.39 Å². The first-order chi connectivity index (χ1) is 13.1. The fraction of sp³-hybridized carbons (Fsp3) is 0.455. The lowest BCUT2D eigenvalue weighted by Crippen LogP contribution is -2.35. The minimum absolute atomic E-state index is 0.0573. The molecule has 1 spiro atoms. The van der Waals surface area contributed by atoms with Crippen LogP contribution >= 0.6 is 0 Å². The van der Waals surface area contributed by atoms with E-state index in [4.69, 9.17) is 4.74 Å². The SMILES string of the molecule is Cc1cccc([C@H]2CCCN2C(=O)[C@H]2C[C@@]23CCOc2ccc(F)cc23)n1. The number of pyridine rings is 1. The summed E-state index contributed by atoms with van der Waals surface area (Å²) in [6, 6.07) is 10.7. The molecule has 2 aromatic rings. The zero-order chi connectivity index (χ0) is 18.6. The molecule has 2 aliphatic heterocycles. The molecule has 3 heterocycles. The van der Waals surface area contributed by atoms with E-state index in [1.54, 1.807) is 12.1 Å². The Hall–Kier alpha value is -2.43. The van der Waals surface area contributed by atoms with E-state index in [2.05, 4.69) is 4.98 Å². The molecule has 1 aromatic heterocycles. The first kappa shape index (κ1) is 16.7. The summed E-state index contributed by atoms with van der Waals surface area (Å²) in [5.41, 5.74) is 2.58. The minimum atomic E-state index is -0.264. The van der Waals surface area contributed by atoms with Crippen LogP contribution in [0.2, 0.25) is 0 Å². The van der Waals surface area contributed by atoms with E-state index in [1.165, 1.54) is 6.07 Å². The number of amides is 1. The summed E-state index contributed by atoms with van der Waals surface area (Å²) in [4.78, 5) is 20.1. The van der Waals surface area contributed by atoms with Gasteiger partial charge in [0, 0.05) is 29.1 Å². The van der Waals surface area contributed by atoms with E-state index in [0.29, 0.717) is 6.61 Å². The fourth-order valence-corrected chi connectivity index (χ4v) is 4.99. The number of benzene rings is 1. The van der Waals surface area contributed by atoms with Gasteiger partial charge in [0.25, 0.3) is 0 Å². The van der Waals surface area contributed by atoms with E-state index >= 15 is 0 Å². The molecule has 1 saturated carbocycles. The van der Waals surface area contributed by atoms with Crippen LogP contribution in [-0.4, -0.2) is 28.9 Å². The molecule has 27 heavy (non-hydrogen) atoms. The zero-order valence-electron chi connectivity index (χ0n) is 15.5. The number of hydrogen-bond acceptors (Lipinski definition) is 3. The molecular weight excluding hydrogens is 343 g/mol. The summed E-state index contributed by atoms with van der Waals surface area (Å²) in [6.07, 6.45) is 3.52. The number of carbonyl (C=O) groups is 1. The van der Waals surface area contributed by atoms with Gasteiger partial charge < -0.3 is 9.64 Å². The summed E-state index contributed by atoms with van der Waals surface area (Å²) in [6.45, 7) is 3.34. The molecule has 0 N–H and O–H groups in total. The van der Waals surface area contributed by atoms with Crippen LogP contribution in [0.5, 0.6) is 5.75 Å². The van der Waals surface area contributed by atoms with Gasteiger partial charge in [0.2, 0.25) is 5.91 Å². The molecule has 4 nitrogen and oxygen atoms in total. The summed E-state index contributed by atoms with van der Waals surface area (Å²) in [7, 11) is 0. The van der Waals surface area contributed by atoms with Crippen LogP contribution in [0.3, 0.4) is 0 Å². The Labute approximate surface area is 158 Å². The minimum Gasteiger partial charge on any atom is -0.493 e. The van der Waals surface area contributed by atoms with Gasteiger partial charge in [-0.2, -0.15) is 0 Å². The van der Waals surface area contributed by atoms with E-state index in [1.807, 2.05) is 30.0 Å². The van der Waals surface area contributed by atoms with Gasteiger partial charge in [-0.05, 0) is 62.9 Å². The predicted octanol–water partition coefficient (Wildman–Crippen LogP) is 3.93. The van der Waals surface area contributed by atoms with Crippen molar-refractivity contribution in [2.75, 3.05) is 13.2 Å². The molecule has 1 aromatic carbocycles. The van der Waals surface area contributed by atoms with Crippen molar-refractivity contribution in [2.24, 2.45) is 5.92 Å². The number of fused-ring (bicyclic) bond motifs is 2. The molecule has 0 bridgehead atoms. The quantitative estimate of drug-likeness (QED) is 0.809. The third kappa shape index (κ3) is 2.63. The van der Waals surface area contributed by atoms with Gasteiger partial charge in [0.15, 0.2) is 0 Å². The van der Waals surface area contributed by atoms with Crippen molar-refractivity contribution in [3.05, 3.63) is 59.2 Å². The number of aromatic nitrogens is 1. The van der Waals surface area contributed by atoms with Gasteiger partial charge in [-0.3, -0.25) is 9.78 Å². The highest BCUT2D eigenvalue weighted by atomic mass is 19.1. The van der Waals surface area contributed by atoms with Crippen LogP contribution in [-0.2, 0) is 10.2 Å². The average molecular weight is 366 g/mol. The molecule has 3 aliphatic rings. The van der Waals surface area contributed by atoms with Crippen LogP contribution in [0.4, 0.5) is 4.39 Å². The van der Waals surface area contributed by atoms with Crippen molar-refractivity contribution in [1.29, 1.82) is 0 Å². The highest BCUT2D eigenvalue weighted by Crippen LogP contribution is 2.61. The average Bonchev–Trinajstić information content (AvgIpc) is 3.16. The van der Waals surface area contributed by atoms with Gasteiger partial charge in [-0.1, -0.05) is 6.07 Å². The van der Waals surface area contributed by atoms with Crippen LogP contribution in [0.25, 0.3) is 0 Å². The Kier molecular flexibility index (Phi) is 3.74. The molecule has 1 amide bonds.